The van der Waals surface area contributed by atoms with E-state index in [1.54, 1.807) is 6.07 Å². The van der Waals surface area contributed by atoms with E-state index in [-0.39, 0.29) is 0 Å². The summed E-state index contributed by atoms with van der Waals surface area (Å²) in [6, 6.07) is 5.70. The Labute approximate surface area is 141 Å². The largest absolute Gasteiger partial charge is 0.508 e. The Morgan fingerprint density at radius 2 is 1.73 bits per heavy atom. The molecular formula is C20H25BrO. The first-order valence-electron chi connectivity index (χ1n) is 8.83. The molecule has 118 valence electrons. The number of rotatable bonds is 4. The van der Waals surface area contributed by atoms with Crippen molar-refractivity contribution < 1.29 is 5.11 Å². The first kappa shape index (κ1) is 14.8. The highest BCUT2D eigenvalue weighted by Gasteiger charge is 2.46. The Morgan fingerprint density at radius 3 is 2.41 bits per heavy atom. The Bertz CT molecular complexity index is 549. The van der Waals surface area contributed by atoms with Gasteiger partial charge in [0.25, 0.3) is 0 Å². The molecule has 0 spiro atoms. The molecule has 4 aliphatic rings. The molecule has 5 rings (SSSR count). The van der Waals surface area contributed by atoms with Crippen molar-refractivity contribution in [3.05, 3.63) is 40.4 Å². The summed E-state index contributed by atoms with van der Waals surface area (Å²) < 4.78 is 1.05. The number of hydrogen-bond acceptors (Lipinski definition) is 1. The molecule has 0 heterocycles. The zero-order valence-electron chi connectivity index (χ0n) is 13.0. The Morgan fingerprint density at radius 1 is 1.05 bits per heavy atom. The molecule has 0 aliphatic heterocycles. The van der Waals surface area contributed by atoms with Gasteiger partial charge in [0.2, 0.25) is 0 Å². The van der Waals surface area contributed by atoms with E-state index in [2.05, 4.69) is 28.1 Å². The van der Waals surface area contributed by atoms with Crippen LogP contribution in [0.1, 0.15) is 44.1 Å². The van der Waals surface area contributed by atoms with Crippen LogP contribution in [0, 0.1) is 29.6 Å². The van der Waals surface area contributed by atoms with E-state index in [4.69, 9.17) is 0 Å². The van der Waals surface area contributed by atoms with Gasteiger partial charge >= 0.3 is 0 Å². The van der Waals surface area contributed by atoms with Crippen LogP contribution in [0.2, 0.25) is 0 Å². The highest BCUT2D eigenvalue weighted by Crippen LogP contribution is 2.56. The third-order valence-electron chi connectivity index (χ3n) is 6.28. The van der Waals surface area contributed by atoms with Crippen LogP contribution in [0.4, 0.5) is 0 Å². The van der Waals surface area contributed by atoms with Gasteiger partial charge in [-0.05, 0) is 98.3 Å². The van der Waals surface area contributed by atoms with Crippen LogP contribution in [-0.4, -0.2) is 5.11 Å². The maximum absolute atomic E-state index is 9.90. The Balaban J connectivity index is 1.36. The molecule has 4 fully saturated rings. The van der Waals surface area contributed by atoms with Crippen LogP contribution < -0.4 is 0 Å². The van der Waals surface area contributed by atoms with Gasteiger partial charge in [-0.1, -0.05) is 28.1 Å². The van der Waals surface area contributed by atoms with E-state index in [0.29, 0.717) is 5.75 Å². The molecule has 0 aromatic heterocycles. The molecule has 4 bridgehead atoms. The second-order valence-electron chi connectivity index (χ2n) is 7.75. The number of phenols is 1. The van der Waals surface area contributed by atoms with Crippen LogP contribution in [-0.2, 0) is 6.42 Å². The number of hydrogen-bond donors (Lipinski definition) is 1. The molecule has 0 atom stereocenters. The van der Waals surface area contributed by atoms with Crippen molar-refractivity contribution in [3.8, 4) is 5.75 Å². The molecule has 2 heteroatoms. The van der Waals surface area contributed by atoms with E-state index in [1.807, 2.05) is 12.1 Å². The van der Waals surface area contributed by atoms with Crippen LogP contribution >= 0.6 is 15.9 Å². The van der Waals surface area contributed by atoms with Gasteiger partial charge < -0.3 is 5.11 Å². The predicted molar refractivity (Wildman–Crippen MR) is 93.8 cm³/mol. The summed E-state index contributed by atoms with van der Waals surface area (Å²) in [5, 5.41) is 9.90. The molecule has 0 saturated heterocycles. The molecule has 1 N–H and O–H groups in total. The molecule has 1 aromatic rings. The van der Waals surface area contributed by atoms with Crippen molar-refractivity contribution in [2.45, 2.75) is 44.9 Å². The predicted octanol–water partition coefficient (Wildman–Crippen LogP) is 5.72. The van der Waals surface area contributed by atoms with Crippen molar-refractivity contribution >= 4 is 15.9 Å². The fourth-order valence-corrected chi connectivity index (χ4v) is 5.94. The number of aryl methyl sites for hydroxylation is 1. The van der Waals surface area contributed by atoms with Gasteiger partial charge in [-0.3, -0.25) is 0 Å². The lowest BCUT2D eigenvalue weighted by Crippen LogP contribution is -2.44. The first-order valence-corrected chi connectivity index (χ1v) is 9.62. The summed E-state index contributed by atoms with van der Waals surface area (Å²) >= 11 is 3.48. The second-order valence-corrected chi connectivity index (χ2v) is 8.66. The number of phenolic OH excluding ortho intramolecular Hbond substituents is 1. The van der Waals surface area contributed by atoms with Crippen molar-refractivity contribution in [2.75, 3.05) is 0 Å². The summed E-state index contributed by atoms with van der Waals surface area (Å²) in [5.74, 6) is 5.35. The number of aromatic hydroxyl groups is 1. The van der Waals surface area contributed by atoms with Crippen LogP contribution in [0.15, 0.2) is 34.8 Å². The summed E-state index contributed by atoms with van der Waals surface area (Å²) in [4.78, 5) is 0. The average molecular weight is 361 g/mol. The van der Waals surface area contributed by atoms with Crippen molar-refractivity contribution in [3.63, 3.8) is 0 Å². The van der Waals surface area contributed by atoms with E-state index in [1.165, 1.54) is 32.1 Å². The topological polar surface area (TPSA) is 20.2 Å². The van der Waals surface area contributed by atoms with Gasteiger partial charge in [0.1, 0.15) is 5.75 Å². The molecule has 4 saturated carbocycles. The van der Waals surface area contributed by atoms with Gasteiger partial charge in [0, 0.05) is 4.47 Å². The van der Waals surface area contributed by atoms with Crippen LogP contribution in [0.3, 0.4) is 0 Å². The van der Waals surface area contributed by atoms with E-state index in [9.17, 15) is 5.11 Å². The minimum Gasteiger partial charge on any atom is -0.508 e. The smallest absolute Gasteiger partial charge is 0.118 e. The summed E-state index contributed by atoms with van der Waals surface area (Å²) in [6.45, 7) is 0. The third-order valence-corrected chi connectivity index (χ3v) is 6.77. The molecule has 0 radical (unpaired) electrons. The van der Waals surface area contributed by atoms with Gasteiger partial charge in [-0.2, -0.15) is 0 Å². The van der Waals surface area contributed by atoms with Crippen LogP contribution in [0.5, 0.6) is 5.75 Å². The highest BCUT2D eigenvalue weighted by molar-refractivity contribution is 9.10. The van der Waals surface area contributed by atoms with Crippen molar-refractivity contribution in [1.82, 2.24) is 0 Å². The third kappa shape index (κ3) is 2.87. The molecule has 1 nitrogen and oxygen atoms in total. The standard InChI is InChI=1S/C20H25BrO/c21-18-5-6-20(22)15(12-18)3-1-2-4-19-16-8-13-7-14(10-16)11-17(19)9-13/h2,4-6,12-14,16-17,19,22H,1,3,7-11H2/b4-2+. The quantitative estimate of drug-likeness (QED) is 0.681. The van der Waals surface area contributed by atoms with Crippen molar-refractivity contribution in [2.24, 2.45) is 29.6 Å². The summed E-state index contributed by atoms with van der Waals surface area (Å²) in [6.07, 6.45) is 14.4. The normalized spacial score (nSPS) is 36.3. The zero-order valence-corrected chi connectivity index (χ0v) is 14.6. The summed E-state index contributed by atoms with van der Waals surface area (Å²) in [5.41, 5.74) is 1.05. The lowest BCUT2D eigenvalue weighted by Gasteiger charge is -2.53. The van der Waals surface area contributed by atoms with E-state index in [0.717, 1.165) is 52.5 Å². The monoisotopic (exact) mass is 360 g/mol. The molecule has 22 heavy (non-hydrogen) atoms. The van der Waals surface area contributed by atoms with Gasteiger partial charge in [0.15, 0.2) is 0 Å². The van der Waals surface area contributed by atoms with Gasteiger partial charge in [-0.15, -0.1) is 0 Å². The maximum Gasteiger partial charge on any atom is 0.118 e. The fourth-order valence-electron chi connectivity index (χ4n) is 5.53. The first-order chi connectivity index (χ1) is 10.7. The van der Waals surface area contributed by atoms with Crippen molar-refractivity contribution in [1.29, 1.82) is 0 Å². The minimum absolute atomic E-state index is 0.422. The Kier molecular flexibility index (Phi) is 4.06. The lowest BCUT2D eigenvalue weighted by molar-refractivity contribution is -0.0162. The Hall–Kier alpha value is -0.760. The van der Waals surface area contributed by atoms with E-state index >= 15 is 0 Å². The number of benzene rings is 1. The number of halogens is 1. The van der Waals surface area contributed by atoms with Gasteiger partial charge in [0.05, 0.1) is 0 Å². The minimum atomic E-state index is 0.422. The average Bonchev–Trinajstić information content (AvgIpc) is 2.48. The van der Waals surface area contributed by atoms with E-state index < -0.39 is 0 Å². The molecular weight excluding hydrogens is 336 g/mol. The molecule has 1 aromatic carbocycles. The second kappa shape index (κ2) is 6.03. The SMILES string of the molecule is Oc1ccc(Br)cc1CC/C=C/C1C2CC3CC(C2)CC1C3. The molecule has 0 unspecified atom stereocenters. The number of allylic oxidation sites excluding steroid dienone is 2. The fraction of sp³-hybridized carbons (Fsp3) is 0.600. The van der Waals surface area contributed by atoms with Gasteiger partial charge in [-0.25, -0.2) is 0 Å². The summed E-state index contributed by atoms with van der Waals surface area (Å²) in [7, 11) is 0. The zero-order chi connectivity index (χ0) is 15.1. The maximum atomic E-state index is 9.90. The molecule has 0 amide bonds. The molecule has 4 aliphatic carbocycles. The lowest BCUT2D eigenvalue weighted by atomic mass is 9.52. The van der Waals surface area contributed by atoms with Crippen LogP contribution in [0.25, 0.3) is 0 Å². The highest BCUT2D eigenvalue weighted by atomic mass is 79.9.